The van der Waals surface area contributed by atoms with Crippen LogP contribution in [0.2, 0.25) is 15.1 Å². The molecule has 6 nitrogen and oxygen atoms in total. The molecule has 2 heterocycles. The van der Waals surface area contributed by atoms with Gasteiger partial charge < -0.3 is 4.42 Å². The minimum Gasteiger partial charge on any atom is -0.440 e. The molecule has 170 valence electrons. The summed E-state index contributed by atoms with van der Waals surface area (Å²) in [5.74, 6) is 0.230. The molecule has 34 heavy (non-hydrogen) atoms. The van der Waals surface area contributed by atoms with E-state index in [1.807, 2.05) is 0 Å². The number of rotatable bonds is 6. The van der Waals surface area contributed by atoms with Crippen molar-refractivity contribution in [2.45, 2.75) is 11.6 Å². The molecule has 0 aliphatic rings. The number of carbonyl (C=O) groups is 1. The van der Waals surface area contributed by atoms with Crippen molar-refractivity contribution in [1.29, 1.82) is 0 Å². The third kappa shape index (κ3) is 4.57. The van der Waals surface area contributed by atoms with E-state index in [9.17, 15) is 9.59 Å². The van der Waals surface area contributed by atoms with Gasteiger partial charge in [-0.25, -0.2) is 9.97 Å². The van der Waals surface area contributed by atoms with Gasteiger partial charge >= 0.3 is 0 Å². The normalized spacial score (nSPS) is 11.4. The van der Waals surface area contributed by atoms with Gasteiger partial charge in [0.2, 0.25) is 5.89 Å². The second kappa shape index (κ2) is 9.43. The number of halogens is 3. The molecule has 0 saturated carbocycles. The van der Waals surface area contributed by atoms with Crippen LogP contribution in [0.3, 0.4) is 0 Å². The highest BCUT2D eigenvalue weighted by molar-refractivity contribution is 7.99. The van der Waals surface area contributed by atoms with Crippen LogP contribution in [-0.4, -0.2) is 26.1 Å². The summed E-state index contributed by atoms with van der Waals surface area (Å²) >= 11 is 19.4. The van der Waals surface area contributed by atoms with E-state index in [1.165, 1.54) is 4.57 Å². The fourth-order valence-electron chi connectivity index (χ4n) is 3.45. The molecule has 2 aromatic heterocycles. The third-order valence-corrected chi connectivity index (χ3v) is 6.98. The van der Waals surface area contributed by atoms with E-state index in [-0.39, 0.29) is 23.5 Å². The number of thioether (sulfide) groups is 1. The molecule has 0 radical (unpaired) electrons. The Bertz CT molecular complexity index is 1630. The van der Waals surface area contributed by atoms with Gasteiger partial charge in [-0.05, 0) is 48.5 Å². The van der Waals surface area contributed by atoms with E-state index in [0.29, 0.717) is 53.8 Å². The number of ketones is 1. The van der Waals surface area contributed by atoms with Crippen LogP contribution < -0.4 is 5.56 Å². The standard InChI is InChI=1S/C24H14Cl3N3O3S/c25-13-5-8-21-20(9-13)28-22(33-21)11-15(31)12-34-24-29-19-4-2-1-3-16(19)23(32)30(24)14-6-7-17(26)18(27)10-14/h1-10H,11-12H2. The minimum absolute atomic E-state index is 0.00385. The fraction of sp³-hybridized carbons (Fsp3) is 0.0833. The largest absolute Gasteiger partial charge is 0.440 e. The Kier molecular flexibility index (Phi) is 6.36. The second-order valence-electron chi connectivity index (χ2n) is 7.37. The van der Waals surface area contributed by atoms with Crippen LogP contribution in [0.15, 0.2) is 75.0 Å². The zero-order chi connectivity index (χ0) is 23.8. The molecule has 0 fully saturated rings. The quantitative estimate of drug-likeness (QED) is 0.187. The van der Waals surface area contributed by atoms with Crippen molar-refractivity contribution in [2.75, 3.05) is 5.75 Å². The van der Waals surface area contributed by atoms with Crippen LogP contribution in [0.1, 0.15) is 5.89 Å². The van der Waals surface area contributed by atoms with E-state index < -0.39 is 0 Å². The van der Waals surface area contributed by atoms with Crippen molar-refractivity contribution in [3.05, 3.63) is 92.0 Å². The summed E-state index contributed by atoms with van der Waals surface area (Å²) in [6.45, 7) is 0. The number of benzene rings is 3. The molecule has 0 amide bonds. The zero-order valence-corrected chi connectivity index (χ0v) is 20.4. The Balaban J connectivity index is 1.45. The van der Waals surface area contributed by atoms with Gasteiger partial charge in [-0.15, -0.1) is 0 Å². The van der Waals surface area contributed by atoms with Crippen molar-refractivity contribution in [1.82, 2.24) is 14.5 Å². The van der Waals surface area contributed by atoms with Crippen molar-refractivity contribution in [3.63, 3.8) is 0 Å². The topological polar surface area (TPSA) is 78.0 Å². The van der Waals surface area contributed by atoms with Gasteiger partial charge in [0.25, 0.3) is 5.56 Å². The van der Waals surface area contributed by atoms with Crippen LogP contribution >= 0.6 is 46.6 Å². The van der Waals surface area contributed by atoms with Crippen molar-refractivity contribution in [3.8, 4) is 5.69 Å². The summed E-state index contributed by atoms with van der Waals surface area (Å²) in [5.41, 5.74) is 1.92. The van der Waals surface area contributed by atoms with Crippen molar-refractivity contribution < 1.29 is 9.21 Å². The van der Waals surface area contributed by atoms with Crippen molar-refractivity contribution >= 4 is 74.4 Å². The van der Waals surface area contributed by atoms with Gasteiger partial charge in [0, 0.05) is 5.02 Å². The number of fused-ring (bicyclic) bond motifs is 2. The second-order valence-corrected chi connectivity index (χ2v) is 9.57. The van der Waals surface area contributed by atoms with Crippen LogP contribution in [0.5, 0.6) is 0 Å². The monoisotopic (exact) mass is 529 g/mol. The third-order valence-electron chi connectivity index (χ3n) is 5.01. The highest BCUT2D eigenvalue weighted by Gasteiger charge is 2.17. The van der Waals surface area contributed by atoms with Crippen LogP contribution in [0, 0.1) is 0 Å². The van der Waals surface area contributed by atoms with Gasteiger partial charge in [-0.2, -0.15) is 0 Å². The first-order valence-electron chi connectivity index (χ1n) is 10.1. The molecular formula is C24H14Cl3N3O3S. The fourth-order valence-corrected chi connectivity index (χ4v) is 4.78. The summed E-state index contributed by atoms with van der Waals surface area (Å²) in [4.78, 5) is 35.0. The average molecular weight is 531 g/mol. The first-order chi connectivity index (χ1) is 16.4. The summed E-state index contributed by atoms with van der Waals surface area (Å²) in [7, 11) is 0. The number of Topliss-reactive ketones (excluding diaryl/α,β-unsaturated/α-hetero) is 1. The number of hydrogen-bond donors (Lipinski definition) is 0. The number of nitrogens with zero attached hydrogens (tertiary/aromatic N) is 3. The van der Waals surface area contributed by atoms with E-state index in [1.54, 1.807) is 60.7 Å². The summed E-state index contributed by atoms with van der Waals surface area (Å²) in [6.07, 6.45) is 0.00385. The molecule has 0 atom stereocenters. The van der Waals surface area contributed by atoms with E-state index in [2.05, 4.69) is 9.97 Å². The molecule has 0 aliphatic carbocycles. The Morgan fingerprint density at radius 3 is 2.59 bits per heavy atom. The molecule has 0 saturated heterocycles. The molecular weight excluding hydrogens is 517 g/mol. The lowest BCUT2D eigenvalue weighted by molar-refractivity contribution is -0.116. The molecule has 0 spiro atoms. The zero-order valence-electron chi connectivity index (χ0n) is 17.3. The lowest BCUT2D eigenvalue weighted by atomic mass is 10.2. The minimum atomic E-state index is -0.269. The summed E-state index contributed by atoms with van der Waals surface area (Å²) < 4.78 is 7.08. The Labute approximate surface area is 212 Å². The number of para-hydroxylation sites is 1. The first kappa shape index (κ1) is 22.9. The predicted octanol–water partition coefficient (Wildman–Crippen LogP) is 6.39. The van der Waals surface area contributed by atoms with E-state index in [0.717, 1.165) is 11.8 Å². The molecule has 5 rings (SSSR count). The van der Waals surface area contributed by atoms with E-state index >= 15 is 0 Å². The predicted molar refractivity (Wildman–Crippen MR) is 136 cm³/mol. The Morgan fingerprint density at radius 2 is 1.76 bits per heavy atom. The Hall–Kier alpha value is -2.84. The maximum atomic E-state index is 13.3. The molecule has 5 aromatic rings. The van der Waals surface area contributed by atoms with Gasteiger partial charge in [-0.1, -0.05) is 58.7 Å². The molecule has 0 unspecified atom stereocenters. The lowest BCUT2D eigenvalue weighted by Gasteiger charge is -2.13. The maximum absolute atomic E-state index is 13.3. The maximum Gasteiger partial charge on any atom is 0.266 e. The lowest BCUT2D eigenvalue weighted by Crippen LogP contribution is -2.22. The van der Waals surface area contributed by atoms with Crippen LogP contribution in [-0.2, 0) is 11.2 Å². The molecule has 0 N–H and O–H groups in total. The Morgan fingerprint density at radius 1 is 0.941 bits per heavy atom. The molecule has 3 aromatic carbocycles. The SMILES string of the molecule is O=C(CSc1nc2ccccc2c(=O)n1-c1ccc(Cl)c(Cl)c1)Cc1nc2cc(Cl)ccc2o1. The number of aromatic nitrogens is 3. The van der Waals surface area contributed by atoms with Gasteiger partial charge in [0.1, 0.15) is 5.52 Å². The molecule has 10 heteroatoms. The highest BCUT2D eigenvalue weighted by Crippen LogP contribution is 2.27. The van der Waals surface area contributed by atoms with E-state index in [4.69, 9.17) is 39.2 Å². The van der Waals surface area contributed by atoms with Crippen LogP contribution in [0.4, 0.5) is 0 Å². The van der Waals surface area contributed by atoms with Gasteiger partial charge in [0.15, 0.2) is 16.5 Å². The smallest absolute Gasteiger partial charge is 0.266 e. The van der Waals surface area contributed by atoms with Gasteiger partial charge in [0.05, 0.1) is 38.8 Å². The highest BCUT2D eigenvalue weighted by atomic mass is 35.5. The molecule has 0 aliphatic heterocycles. The summed E-state index contributed by atoms with van der Waals surface area (Å²) in [6, 6.07) is 17.0. The number of hydrogen-bond acceptors (Lipinski definition) is 6. The van der Waals surface area contributed by atoms with Crippen molar-refractivity contribution in [2.24, 2.45) is 0 Å². The first-order valence-corrected chi connectivity index (χ1v) is 12.2. The molecule has 0 bridgehead atoms. The number of carbonyl (C=O) groups excluding carboxylic acids is 1. The summed E-state index contributed by atoms with van der Waals surface area (Å²) in [5, 5.41) is 2.03. The number of oxazole rings is 1. The van der Waals surface area contributed by atoms with Gasteiger partial charge in [-0.3, -0.25) is 14.2 Å². The average Bonchev–Trinajstić information content (AvgIpc) is 3.21. The van der Waals surface area contributed by atoms with Crippen LogP contribution in [0.25, 0.3) is 27.7 Å².